The first-order valence-corrected chi connectivity index (χ1v) is 47.4. The van der Waals surface area contributed by atoms with Crippen molar-refractivity contribution in [2.45, 2.75) is 235 Å². The number of hydrogen-bond acceptors (Lipinski definition) is 23. The van der Waals surface area contributed by atoms with Crippen LogP contribution in [0.5, 0.6) is 5.75 Å². The Labute approximate surface area is 789 Å². The number of phenols is 1. The van der Waals surface area contributed by atoms with Crippen molar-refractivity contribution in [2.75, 3.05) is 65.4 Å². The molecular formula is C91H127N23O19S2. The fraction of sp³-hybridized carbons (Fsp3) is 0.527. The molecule has 17 amide bonds. The molecule has 22 N–H and O–H groups in total. The van der Waals surface area contributed by atoms with Gasteiger partial charge >= 0.3 is 0 Å². The molecule has 0 bridgehead atoms. The molecule has 3 aromatic heterocycles. The number of nitrogens with zero attached hydrogens (tertiary/aromatic N) is 6. The third-order valence-electron chi connectivity index (χ3n) is 24.2. The summed E-state index contributed by atoms with van der Waals surface area (Å²) >= 11 is 2.13. The van der Waals surface area contributed by atoms with Crippen molar-refractivity contribution >= 4 is 150 Å². The first-order valence-electron chi connectivity index (χ1n) is 45.4. The Morgan fingerprint density at radius 1 is 0.548 bits per heavy atom. The maximum Gasteiger partial charge on any atom is 0.246 e. The lowest BCUT2D eigenvalue weighted by molar-refractivity contribution is -0.149. The number of nitrogens with one attached hydrogen (secondary N) is 14. The van der Waals surface area contributed by atoms with Crippen LogP contribution in [0.1, 0.15) is 147 Å². The van der Waals surface area contributed by atoms with E-state index in [9.17, 15) is 53.4 Å². The second-order valence-corrected chi connectivity index (χ2v) is 36.6. The number of aromatic hydroxyl groups is 1. The Balaban J connectivity index is 1.10. The highest BCUT2D eigenvalue weighted by Crippen LogP contribution is 2.30. The van der Waals surface area contributed by atoms with Gasteiger partial charge in [0.25, 0.3) is 0 Å². The summed E-state index contributed by atoms with van der Waals surface area (Å²) in [4.78, 5) is 266. The second kappa shape index (κ2) is 50.7. The number of likely N-dealkylation sites (N-methyl/N-ethyl adjacent to an activating group) is 3. The van der Waals surface area contributed by atoms with Crippen LogP contribution in [0.15, 0.2) is 96.9 Å². The Hall–Kier alpha value is -13.3. The summed E-state index contributed by atoms with van der Waals surface area (Å²) in [5.74, 6) is -17.2. The summed E-state index contributed by atoms with van der Waals surface area (Å²) in [6.07, 6.45) is 4.66. The number of unbranched alkanes of at least 4 members (excludes halogenated alkanes) is 2. The van der Waals surface area contributed by atoms with Crippen molar-refractivity contribution in [1.29, 1.82) is 5.41 Å². The molecule has 0 spiro atoms. The number of aromatic nitrogens is 3. The molecule has 3 fully saturated rings. The van der Waals surface area contributed by atoms with Gasteiger partial charge in [-0.15, -0.1) is 23.1 Å². The number of phenolic OH excluding ortho intramolecular Hbond substituents is 1. The van der Waals surface area contributed by atoms with Crippen LogP contribution in [-0.4, -0.2) is 306 Å². The van der Waals surface area contributed by atoms with Crippen LogP contribution in [-0.2, 0) is 107 Å². The van der Waals surface area contributed by atoms with E-state index in [1.807, 2.05) is 32.0 Å². The molecule has 0 aliphatic carbocycles. The number of aliphatic hydroxyl groups excluding tert-OH is 1. The predicted molar refractivity (Wildman–Crippen MR) is 502 cm³/mol. The van der Waals surface area contributed by atoms with E-state index >= 15 is 38.4 Å². The number of benzene rings is 3. The molecule has 1 unspecified atom stereocenters. The first kappa shape index (κ1) is 105. The van der Waals surface area contributed by atoms with Gasteiger partial charge in [-0.05, 0) is 122 Å². The van der Waals surface area contributed by atoms with Gasteiger partial charge in [0.1, 0.15) is 90.3 Å². The number of amides is 17. The minimum atomic E-state index is -1.84. The lowest BCUT2D eigenvalue weighted by Gasteiger charge is -2.36. The van der Waals surface area contributed by atoms with Gasteiger partial charge in [0.2, 0.25) is 100 Å². The molecule has 6 aromatic rings. The van der Waals surface area contributed by atoms with Crippen molar-refractivity contribution in [3.05, 3.63) is 119 Å². The van der Waals surface area contributed by atoms with Gasteiger partial charge in [-0.25, -0.2) is 4.98 Å². The average molecular weight is 1910 g/mol. The number of carbonyl (C=O) groups is 17. The quantitative estimate of drug-likeness (QED) is 0.0132. The number of para-hydroxylation sites is 1. The average Bonchev–Trinajstić information content (AvgIpc) is 1.75. The lowest BCUT2D eigenvalue weighted by Crippen LogP contribution is -2.62. The Kier molecular flexibility index (Phi) is 39.6. The zero-order chi connectivity index (χ0) is 98.4. The molecule has 6 heterocycles. The molecule has 44 heteroatoms. The van der Waals surface area contributed by atoms with Crippen molar-refractivity contribution in [3.63, 3.8) is 0 Å². The van der Waals surface area contributed by atoms with Gasteiger partial charge in [-0.2, -0.15) is 0 Å². The number of carbonyl (C=O) groups excluding carboxylic acids is 17. The molecule has 3 aliphatic rings. The third kappa shape index (κ3) is 29.6. The lowest BCUT2D eigenvalue weighted by atomic mass is 10.00. The highest BCUT2D eigenvalue weighted by molar-refractivity contribution is 8.00. The molecule has 3 aliphatic heterocycles. The molecule has 3 aromatic carbocycles. The molecule has 0 radical (unpaired) electrons. The Bertz CT molecular complexity index is 5210. The number of aliphatic hydroxyl groups is 1. The topological polar surface area (TPSA) is 626 Å². The maximum absolute atomic E-state index is 15.8. The third-order valence-corrected chi connectivity index (χ3v) is 26.2. The molecule has 3 saturated heterocycles. The summed E-state index contributed by atoms with van der Waals surface area (Å²) in [6, 6.07) is -1.10. The van der Waals surface area contributed by atoms with Crippen molar-refractivity contribution in [3.8, 4) is 5.75 Å². The standard InChI is InChI=1S/C91H127N23O19S2/c1-9-11-24-69-83(126)102-60(23-17-33-97-91(94)95)79(122)109-68(78(121)99-44-75(93)118)47-134-48-76(119)101-64(37-52-29-31-56(116)32-30-52)86(129)110(6)51(5)77(120)105-66(41-74(92)117)89(132)114-35-19-27-71(114)85(128)104-62(40-55-43-96-49-100-55)81(124)106-63(36-50(3)4)88(131)113-34-18-26-70(113)84(127)103-61(38-53-42-98-59-22-15-13-20-57(53)59)80(123)108-67(45-115)82(125)107-65(39-54-46-135-73-28-16-14-21-58(54)73)87(130)112(8)72(25-12-10-2)90(133)111(69)7/h13-16,20-22,28-32,42-43,46,49-51,60-72,98,115-116H,9-12,17-19,23-27,33-41,44-45,47-48H2,1-8H3,(H2,92,117)(H2,93,118)(H,96,100)(H,99,121)(H,101,119)(H,102,126)(H,103,127)(H,104,128)(H,105,120)(H,106,124)(H,107,125)(H,108,123)(H,109,122)(H4,94,95,97)/t51-,60-,61-,62-,63-,64-,65-,66-,67-,68?,69-,70-,71-,72-/m0/s1/i6+1. The Morgan fingerprint density at radius 2 is 1.10 bits per heavy atom. The molecule has 42 nitrogen and oxygen atoms in total. The monoisotopic (exact) mass is 1910 g/mol. The van der Waals surface area contributed by atoms with E-state index in [4.69, 9.17) is 22.6 Å². The van der Waals surface area contributed by atoms with E-state index in [0.717, 1.165) is 36.5 Å². The number of guanidine groups is 1. The molecule has 0 saturated carbocycles. The largest absolute Gasteiger partial charge is 0.508 e. The van der Waals surface area contributed by atoms with Gasteiger partial charge in [0.05, 0.1) is 31.7 Å². The van der Waals surface area contributed by atoms with Gasteiger partial charge in [-0.3, -0.25) is 86.9 Å². The first-order chi connectivity index (χ1) is 64.4. The molecule has 732 valence electrons. The summed E-state index contributed by atoms with van der Waals surface area (Å²) in [5.41, 5.74) is 19.4. The van der Waals surface area contributed by atoms with Crippen LogP contribution in [0.3, 0.4) is 0 Å². The highest BCUT2D eigenvalue weighted by atomic mass is 32.2. The summed E-state index contributed by atoms with van der Waals surface area (Å²) in [7, 11) is 3.95. The number of H-pyrrole nitrogens is 2. The van der Waals surface area contributed by atoms with E-state index in [-0.39, 0.29) is 115 Å². The van der Waals surface area contributed by atoms with Crippen LogP contribution in [0.25, 0.3) is 21.0 Å². The van der Waals surface area contributed by atoms with Crippen molar-refractivity contribution < 1.29 is 91.7 Å². The number of nitrogens with two attached hydrogens (primary N) is 3. The number of thioether (sulfide) groups is 1. The smallest absolute Gasteiger partial charge is 0.246 e. The molecule has 9 rings (SSSR count). The van der Waals surface area contributed by atoms with Crippen LogP contribution < -0.4 is 75.7 Å². The van der Waals surface area contributed by atoms with E-state index in [0.29, 0.717) is 59.0 Å². The minimum absolute atomic E-state index is 0.00306. The SMILES string of the molecule is CCCC[C@H]1C(=O)N(C)[C@@H](CCCC)C(=O)N[C@@H](CCCNC(=N)N)C(=O)NC(C(=O)NCC(N)=O)CSCC(=O)N[C@@H](Cc2ccc(O)cc2)C(=O)N([13CH3])[C@@H](C)C(=O)N[C@@H](CC(N)=O)C(=O)N2CCC[C@H]2C(=O)N[C@@H](Cc2cnc[nH]2)C(=O)N[C@@H](CC(C)C)C(=O)N2CCC[C@H]2C(=O)N[C@@H](Cc2c[nH]c3ccccc23)C(=O)N[C@@H](CO)C(=O)N[C@@H](Cc2csc3ccccc23)C(=O)N1C. The number of aromatic amines is 2. The van der Waals surface area contributed by atoms with E-state index in [2.05, 4.69) is 73.4 Å². The maximum atomic E-state index is 15.8. The molecule has 14 atom stereocenters. The zero-order valence-corrected chi connectivity index (χ0v) is 78.8. The number of thiophene rings is 1. The van der Waals surface area contributed by atoms with Crippen molar-refractivity contribution in [1.82, 2.24) is 97.9 Å². The second-order valence-electron chi connectivity index (χ2n) is 34.7. The number of rotatable bonds is 26. The van der Waals surface area contributed by atoms with Gasteiger partial charge < -0.3 is 120 Å². The van der Waals surface area contributed by atoms with Crippen LogP contribution in [0.2, 0.25) is 0 Å². The minimum Gasteiger partial charge on any atom is -0.508 e. The van der Waals surface area contributed by atoms with Crippen LogP contribution >= 0.6 is 23.1 Å². The summed E-state index contributed by atoms with van der Waals surface area (Å²) in [5, 5.41) is 61.9. The molecular weight excluding hydrogens is 1780 g/mol. The summed E-state index contributed by atoms with van der Waals surface area (Å²) < 4.78 is 0.825. The fourth-order valence-corrected chi connectivity index (χ4v) is 18.5. The van der Waals surface area contributed by atoms with E-state index in [1.165, 1.54) is 86.0 Å². The van der Waals surface area contributed by atoms with Gasteiger partial charge in [0, 0.05) is 106 Å². The molecule has 135 heavy (non-hydrogen) atoms. The zero-order valence-electron chi connectivity index (χ0n) is 77.1. The number of fused-ring (bicyclic) bond motifs is 4. The Morgan fingerprint density at radius 3 is 1.71 bits per heavy atom. The number of primary amides is 2. The predicted octanol–water partition coefficient (Wildman–Crippen LogP) is -1.17. The van der Waals surface area contributed by atoms with Crippen LogP contribution in [0.4, 0.5) is 0 Å². The van der Waals surface area contributed by atoms with E-state index < -0.39 is 222 Å². The van der Waals surface area contributed by atoms with Gasteiger partial charge in [-0.1, -0.05) is 102 Å². The van der Waals surface area contributed by atoms with Gasteiger partial charge in [0.15, 0.2) is 5.96 Å². The van der Waals surface area contributed by atoms with Crippen LogP contribution in [0, 0.1) is 11.3 Å². The number of imidazole rings is 1. The fourth-order valence-electron chi connectivity index (χ4n) is 16.7. The number of hydrogen-bond donors (Lipinski definition) is 19. The summed E-state index contributed by atoms with van der Waals surface area (Å²) in [6.45, 7) is 6.68. The van der Waals surface area contributed by atoms with Crippen molar-refractivity contribution in [2.24, 2.45) is 23.1 Å². The normalized spacial score (nSPS) is 24.2. The highest BCUT2D eigenvalue weighted by Gasteiger charge is 2.46. The van der Waals surface area contributed by atoms with E-state index in [1.54, 1.807) is 55.8 Å².